The van der Waals surface area contributed by atoms with E-state index in [1.807, 2.05) is 19.1 Å². The second-order valence-corrected chi connectivity index (χ2v) is 6.03. The summed E-state index contributed by atoms with van der Waals surface area (Å²) in [7, 11) is 0. The average molecular weight is 265 g/mol. The molecule has 0 spiro atoms. The molecule has 0 aliphatic carbocycles. The Hall–Kier alpha value is -1.00. The van der Waals surface area contributed by atoms with Crippen LogP contribution in [0.25, 0.3) is 0 Å². The van der Waals surface area contributed by atoms with E-state index in [2.05, 4.69) is 17.4 Å². The highest BCUT2D eigenvalue weighted by Gasteiger charge is 2.27. The van der Waals surface area contributed by atoms with Gasteiger partial charge in [0.05, 0.1) is 5.25 Å². The number of hydrogen-bond donors (Lipinski definition) is 2. The van der Waals surface area contributed by atoms with Crippen LogP contribution < -0.4 is 5.32 Å². The van der Waals surface area contributed by atoms with Gasteiger partial charge in [-0.05, 0) is 30.4 Å². The maximum absolute atomic E-state index is 12.0. The summed E-state index contributed by atoms with van der Waals surface area (Å²) in [6.07, 6.45) is 1.55. The van der Waals surface area contributed by atoms with Crippen molar-refractivity contribution in [3.8, 4) is 0 Å². The van der Waals surface area contributed by atoms with E-state index < -0.39 is 0 Å². The molecule has 1 aromatic carbocycles. The molecule has 0 radical (unpaired) electrons. The molecule has 0 aromatic heterocycles. The zero-order chi connectivity index (χ0) is 13.0. The van der Waals surface area contributed by atoms with Crippen molar-refractivity contribution >= 4 is 17.7 Å². The van der Waals surface area contributed by atoms with E-state index in [4.69, 9.17) is 5.11 Å². The Morgan fingerprint density at radius 2 is 2.33 bits per heavy atom. The molecule has 1 heterocycles. The molecule has 4 heteroatoms. The van der Waals surface area contributed by atoms with Crippen LogP contribution in [0.15, 0.2) is 29.2 Å². The molecule has 1 aliphatic rings. The van der Waals surface area contributed by atoms with E-state index in [0.29, 0.717) is 12.5 Å². The number of amides is 1. The number of benzene rings is 1. The van der Waals surface area contributed by atoms with Crippen LogP contribution >= 0.6 is 11.8 Å². The van der Waals surface area contributed by atoms with Crippen molar-refractivity contribution in [1.29, 1.82) is 0 Å². The van der Waals surface area contributed by atoms with Gasteiger partial charge in [0, 0.05) is 18.0 Å². The SMILES string of the molecule is CC(CCO)CNC(=O)C1Cc2ccccc2S1. The third-order valence-electron chi connectivity index (χ3n) is 3.19. The smallest absolute Gasteiger partial charge is 0.233 e. The molecule has 2 rings (SSSR count). The predicted molar refractivity (Wildman–Crippen MR) is 73.7 cm³/mol. The fourth-order valence-electron chi connectivity index (χ4n) is 2.04. The largest absolute Gasteiger partial charge is 0.396 e. The number of carbonyl (C=O) groups is 1. The van der Waals surface area contributed by atoms with Gasteiger partial charge in [-0.3, -0.25) is 4.79 Å². The highest BCUT2D eigenvalue weighted by molar-refractivity contribution is 8.01. The maximum atomic E-state index is 12.0. The van der Waals surface area contributed by atoms with Gasteiger partial charge in [-0.2, -0.15) is 0 Å². The summed E-state index contributed by atoms with van der Waals surface area (Å²) >= 11 is 1.65. The fourth-order valence-corrected chi connectivity index (χ4v) is 3.26. The number of rotatable bonds is 5. The van der Waals surface area contributed by atoms with E-state index >= 15 is 0 Å². The summed E-state index contributed by atoms with van der Waals surface area (Å²) in [4.78, 5) is 13.3. The van der Waals surface area contributed by atoms with Gasteiger partial charge in [-0.25, -0.2) is 0 Å². The van der Waals surface area contributed by atoms with Crippen LogP contribution in [-0.2, 0) is 11.2 Å². The Morgan fingerprint density at radius 1 is 1.56 bits per heavy atom. The van der Waals surface area contributed by atoms with Gasteiger partial charge in [0.15, 0.2) is 0 Å². The van der Waals surface area contributed by atoms with Crippen LogP contribution in [0.2, 0.25) is 0 Å². The van der Waals surface area contributed by atoms with Crippen molar-refractivity contribution in [2.75, 3.05) is 13.2 Å². The topological polar surface area (TPSA) is 49.3 Å². The molecule has 0 fully saturated rings. The Bertz CT molecular complexity index is 397. The predicted octanol–water partition coefficient (Wildman–Crippen LogP) is 1.84. The number of hydrogen-bond acceptors (Lipinski definition) is 3. The van der Waals surface area contributed by atoms with E-state index in [9.17, 15) is 4.79 Å². The summed E-state index contributed by atoms with van der Waals surface area (Å²) in [6.45, 7) is 2.86. The number of aliphatic hydroxyl groups excluding tert-OH is 1. The van der Waals surface area contributed by atoms with Crippen LogP contribution in [0.3, 0.4) is 0 Å². The highest BCUT2D eigenvalue weighted by Crippen LogP contribution is 2.36. The summed E-state index contributed by atoms with van der Waals surface area (Å²) in [5, 5.41) is 11.8. The van der Waals surface area contributed by atoms with Crippen LogP contribution in [-0.4, -0.2) is 29.4 Å². The van der Waals surface area contributed by atoms with Crippen molar-refractivity contribution in [2.24, 2.45) is 5.92 Å². The summed E-state index contributed by atoms with van der Waals surface area (Å²) in [6, 6.07) is 8.18. The first-order valence-electron chi connectivity index (χ1n) is 6.34. The zero-order valence-electron chi connectivity index (χ0n) is 10.6. The highest BCUT2D eigenvalue weighted by atomic mass is 32.2. The molecular formula is C14H19NO2S. The van der Waals surface area contributed by atoms with Gasteiger partial charge in [-0.1, -0.05) is 25.1 Å². The van der Waals surface area contributed by atoms with E-state index in [1.54, 1.807) is 11.8 Å². The minimum Gasteiger partial charge on any atom is -0.396 e. The lowest BCUT2D eigenvalue weighted by Gasteiger charge is -2.13. The summed E-state index contributed by atoms with van der Waals surface area (Å²) in [5.74, 6) is 0.439. The number of carbonyl (C=O) groups excluding carboxylic acids is 1. The third kappa shape index (κ3) is 3.27. The van der Waals surface area contributed by atoms with Crippen molar-refractivity contribution in [3.63, 3.8) is 0 Å². The Kier molecular flexibility index (Phi) is 4.66. The molecule has 0 bridgehead atoms. The first-order chi connectivity index (χ1) is 8.70. The van der Waals surface area contributed by atoms with Crippen LogP contribution in [0.5, 0.6) is 0 Å². The Balaban J connectivity index is 1.82. The fraction of sp³-hybridized carbons (Fsp3) is 0.500. The minimum atomic E-state index is 0.00345. The van der Waals surface area contributed by atoms with Crippen molar-refractivity contribution < 1.29 is 9.90 Å². The molecule has 98 valence electrons. The van der Waals surface area contributed by atoms with E-state index in [0.717, 1.165) is 12.8 Å². The first kappa shape index (κ1) is 13.4. The van der Waals surface area contributed by atoms with Crippen molar-refractivity contribution in [2.45, 2.75) is 29.9 Å². The molecule has 3 nitrogen and oxygen atoms in total. The third-order valence-corrected chi connectivity index (χ3v) is 4.50. The van der Waals surface area contributed by atoms with Crippen molar-refractivity contribution in [3.05, 3.63) is 29.8 Å². The molecule has 1 aliphatic heterocycles. The minimum absolute atomic E-state index is 0.00345. The monoisotopic (exact) mass is 265 g/mol. The van der Waals surface area contributed by atoms with Crippen molar-refractivity contribution in [1.82, 2.24) is 5.32 Å². The molecule has 2 N–H and O–H groups in total. The lowest BCUT2D eigenvalue weighted by Crippen LogP contribution is -2.35. The lowest BCUT2D eigenvalue weighted by atomic mass is 10.1. The van der Waals surface area contributed by atoms with E-state index in [-0.39, 0.29) is 17.8 Å². The summed E-state index contributed by atoms with van der Waals surface area (Å²) in [5.41, 5.74) is 1.27. The molecular weight excluding hydrogens is 246 g/mol. The maximum Gasteiger partial charge on any atom is 0.233 e. The van der Waals surface area contributed by atoms with Crippen LogP contribution in [0.1, 0.15) is 18.9 Å². The normalized spacial score (nSPS) is 19.3. The van der Waals surface area contributed by atoms with Gasteiger partial charge in [-0.15, -0.1) is 11.8 Å². The first-order valence-corrected chi connectivity index (χ1v) is 7.22. The van der Waals surface area contributed by atoms with Gasteiger partial charge < -0.3 is 10.4 Å². The Morgan fingerprint density at radius 3 is 3.06 bits per heavy atom. The molecule has 2 atom stereocenters. The van der Waals surface area contributed by atoms with Crippen LogP contribution in [0, 0.1) is 5.92 Å². The van der Waals surface area contributed by atoms with Gasteiger partial charge in [0.25, 0.3) is 0 Å². The standard InChI is InChI=1S/C14H19NO2S/c1-10(6-7-16)9-15-14(17)13-8-11-4-2-3-5-12(11)18-13/h2-5,10,13,16H,6-9H2,1H3,(H,15,17). The molecule has 1 amide bonds. The number of fused-ring (bicyclic) bond motifs is 1. The number of thioether (sulfide) groups is 1. The second-order valence-electron chi connectivity index (χ2n) is 4.78. The lowest BCUT2D eigenvalue weighted by molar-refractivity contribution is -0.120. The molecule has 0 saturated carbocycles. The number of aliphatic hydroxyl groups is 1. The quantitative estimate of drug-likeness (QED) is 0.854. The molecule has 0 saturated heterocycles. The Labute approximate surface area is 112 Å². The van der Waals surface area contributed by atoms with Gasteiger partial charge >= 0.3 is 0 Å². The van der Waals surface area contributed by atoms with Gasteiger partial charge in [0.2, 0.25) is 5.91 Å². The second kappa shape index (κ2) is 6.25. The molecule has 2 unspecified atom stereocenters. The average Bonchev–Trinajstić information content (AvgIpc) is 2.80. The van der Waals surface area contributed by atoms with Crippen LogP contribution in [0.4, 0.5) is 0 Å². The molecule has 1 aromatic rings. The van der Waals surface area contributed by atoms with E-state index in [1.165, 1.54) is 10.5 Å². The van der Waals surface area contributed by atoms with Gasteiger partial charge in [0.1, 0.15) is 0 Å². The zero-order valence-corrected chi connectivity index (χ0v) is 11.4. The number of nitrogens with one attached hydrogen (secondary N) is 1. The summed E-state index contributed by atoms with van der Waals surface area (Å²) < 4.78 is 0. The molecule has 18 heavy (non-hydrogen) atoms.